The number of phenolic OH excluding ortho intramolecular Hbond substituents is 1. The third-order valence-corrected chi connectivity index (χ3v) is 4.98. The van der Waals surface area contributed by atoms with Crippen molar-refractivity contribution in [3.63, 3.8) is 0 Å². The second kappa shape index (κ2) is 9.67. The number of nitrogens with one attached hydrogen (secondary N) is 2. The zero-order chi connectivity index (χ0) is 21.7. The summed E-state index contributed by atoms with van der Waals surface area (Å²) in [7, 11) is 0. The highest BCUT2D eigenvalue weighted by molar-refractivity contribution is 6.36. The molecule has 0 fully saturated rings. The molecule has 3 rings (SSSR count). The van der Waals surface area contributed by atoms with Crippen molar-refractivity contribution in [2.75, 3.05) is 10.6 Å². The molecule has 5 nitrogen and oxygen atoms in total. The van der Waals surface area contributed by atoms with Gasteiger partial charge in [-0.1, -0.05) is 65.1 Å². The Bertz CT molecular complexity index is 1080. The van der Waals surface area contributed by atoms with Crippen LogP contribution in [0.25, 0.3) is 6.08 Å². The molecule has 3 aromatic rings. The Hall–Kier alpha value is -2.99. The van der Waals surface area contributed by atoms with Gasteiger partial charge >= 0.3 is 0 Å². The van der Waals surface area contributed by atoms with Gasteiger partial charge in [-0.25, -0.2) is 0 Å². The molecule has 0 bridgehead atoms. The molecule has 0 aliphatic heterocycles. The fourth-order valence-corrected chi connectivity index (χ4v) is 3.07. The van der Waals surface area contributed by atoms with Crippen molar-refractivity contribution in [3.8, 4) is 5.75 Å². The lowest BCUT2D eigenvalue weighted by Crippen LogP contribution is -2.25. The maximum absolute atomic E-state index is 12.9. The van der Waals surface area contributed by atoms with Gasteiger partial charge in [-0.3, -0.25) is 9.59 Å². The predicted octanol–water partition coefficient (Wildman–Crippen LogP) is 6.01. The van der Waals surface area contributed by atoms with Crippen molar-refractivity contribution in [2.24, 2.45) is 0 Å². The van der Waals surface area contributed by atoms with Crippen LogP contribution in [0.15, 0.2) is 72.3 Å². The predicted molar refractivity (Wildman–Crippen MR) is 121 cm³/mol. The minimum Gasteiger partial charge on any atom is -0.506 e. The number of rotatable bonds is 5. The minimum absolute atomic E-state index is 0.0844. The monoisotopic (exact) mass is 460 g/mol. The Kier molecular flexibility index (Phi) is 7.00. The number of phenols is 1. The maximum Gasteiger partial charge on any atom is 0.261 e. The highest BCUT2D eigenvalue weighted by Crippen LogP contribution is 2.27. The summed E-state index contributed by atoms with van der Waals surface area (Å²) < 4.78 is 0. The van der Waals surface area contributed by atoms with Gasteiger partial charge in [0.1, 0.15) is 11.3 Å². The number of carbonyl (C=O) groups excluding carboxylic acids is 2. The molecule has 0 heterocycles. The molecule has 0 saturated carbocycles. The van der Waals surface area contributed by atoms with E-state index in [0.717, 1.165) is 0 Å². The molecule has 30 heavy (non-hydrogen) atoms. The smallest absolute Gasteiger partial charge is 0.261 e. The average Bonchev–Trinajstić information content (AvgIpc) is 2.72. The van der Waals surface area contributed by atoms with Crippen LogP contribution in [0.4, 0.5) is 11.4 Å². The van der Waals surface area contributed by atoms with Crippen LogP contribution in [0.3, 0.4) is 0 Å². The summed E-state index contributed by atoms with van der Waals surface area (Å²) in [5.41, 5.74) is 0.932. The summed E-state index contributed by atoms with van der Waals surface area (Å²) in [5.74, 6) is -1.48. The van der Waals surface area contributed by atoms with Crippen molar-refractivity contribution in [1.82, 2.24) is 0 Å². The van der Waals surface area contributed by atoms with Crippen molar-refractivity contribution in [1.29, 1.82) is 0 Å². The molecule has 0 radical (unpaired) electrons. The van der Waals surface area contributed by atoms with Crippen LogP contribution in [0, 0.1) is 0 Å². The molecule has 0 atom stereocenters. The van der Waals surface area contributed by atoms with Gasteiger partial charge in [0.25, 0.3) is 11.8 Å². The summed E-state index contributed by atoms with van der Waals surface area (Å²) in [6.07, 6.45) is 1.35. The highest BCUT2D eigenvalue weighted by atomic mass is 35.5. The molecule has 152 valence electrons. The van der Waals surface area contributed by atoms with Gasteiger partial charge in [0, 0.05) is 0 Å². The third-order valence-electron chi connectivity index (χ3n) is 4.02. The topological polar surface area (TPSA) is 78.4 Å². The summed E-state index contributed by atoms with van der Waals surface area (Å²) in [6.45, 7) is 0. The quantitative estimate of drug-likeness (QED) is 0.247. The second-order valence-corrected chi connectivity index (χ2v) is 7.36. The van der Waals surface area contributed by atoms with Gasteiger partial charge in [0.05, 0.1) is 26.4 Å². The summed E-state index contributed by atoms with van der Waals surface area (Å²) in [4.78, 5) is 25.8. The number of halogens is 3. The number of anilines is 2. The molecule has 0 aromatic heterocycles. The Morgan fingerprint density at radius 3 is 1.70 bits per heavy atom. The van der Waals surface area contributed by atoms with E-state index in [9.17, 15) is 14.7 Å². The van der Waals surface area contributed by atoms with Gasteiger partial charge in [-0.2, -0.15) is 0 Å². The average molecular weight is 462 g/mol. The molecule has 2 amide bonds. The summed E-state index contributed by atoms with van der Waals surface area (Å²) >= 11 is 18.2. The van der Waals surface area contributed by atoms with Crippen LogP contribution in [0.5, 0.6) is 5.75 Å². The van der Waals surface area contributed by atoms with E-state index in [4.69, 9.17) is 34.8 Å². The molecule has 8 heteroatoms. The zero-order valence-corrected chi connectivity index (χ0v) is 17.6. The van der Waals surface area contributed by atoms with Gasteiger partial charge < -0.3 is 15.7 Å². The summed E-state index contributed by atoms with van der Waals surface area (Å²) in [5, 5.41) is 15.6. The van der Waals surface area contributed by atoms with Crippen molar-refractivity contribution < 1.29 is 14.7 Å². The molecule has 0 spiro atoms. The lowest BCUT2D eigenvalue weighted by Gasteiger charge is -2.12. The first-order valence-corrected chi connectivity index (χ1v) is 9.80. The van der Waals surface area contributed by atoms with Gasteiger partial charge in [0.2, 0.25) is 0 Å². The maximum atomic E-state index is 12.9. The molecule has 0 aliphatic rings. The van der Waals surface area contributed by atoms with E-state index in [0.29, 0.717) is 27.0 Å². The number of hydrogen-bond donors (Lipinski definition) is 3. The molecule has 0 saturated heterocycles. The number of benzene rings is 3. The molecule has 0 unspecified atom stereocenters. The minimum atomic E-state index is -0.683. The van der Waals surface area contributed by atoms with Crippen LogP contribution in [0.2, 0.25) is 15.1 Å². The largest absolute Gasteiger partial charge is 0.506 e. The first kappa shape index (κ1) is 21.7. The number of para-hydroxylation sites is 2. The Labute approximate surface area is 187 Å². The van der Waals surface area contributed by atoms with E-state index < -0.39 is 11.8 Å². The fraction of sp³-hybridized carbons (Fsp3) is 0. The highest BCUT2D eigenvalue weighted by Gasteiger charge is 2.20. The Morgan fingerprint density at radius 1 is 0.733 bits per heavy atom. The number of aromatic hydroxyl groups is 1. The first-order valence-electron chi connectivity index (χ1n) is 8.67. The van der Waals surface area contributed by atoms with Crippen LogP contribution >= 0.6 is 34.8 Å². The van der Waals surface area contributed by atoms with Crippen LogP contribution in [-0.4, -0.2) is 16.9 Å². The fourth-order valence-electron chi connectivity index (χ4n) is 2.52. The van der Waals surface area contributed by atoms with Crippen molar-refractivity contribution in [2.45, 2.75) is 0 Å². The van der Waals surface area contributed by atoms with Crippen molar-refractivity contribution in [3.05, 3.63) is 92.9 Å². The van der Waals surface area contributed by atoms with E-state index in [1.807, 2.05) is 0 Å². The van der Waals surface area contributed by atoms with E-state index in [1.54, 1.807) is 48.5 Å². The molecule has 3 aromatic carbocycles. The molecule has 0 aliphatic carbocycles. The molecular formula is C22H15Cl3N2O3. The number of hydrogen-bond acceptors (Lipinski definition) is 3. The van der Waals surface area contributed by atoms with E-state index >= 15 is 0 Å². The van der Waals surface area contributed by atoms with Crippen LogP contribution < -0.4 is 10.6 Å². The standard InChI is InChI=1S/C22H15Cl3N2O3/c23-15-5-1-3-7-18(15)26-21(29)14(11-13-9-10-20(28)17(25)12-13)22(30)27-19-8-4-2-6-16(19)24/h1-12,28H,(H,26,29)(H,27,30). The van der Waals surface area contributed by atoms with Crippen LogP contribution in [-0.2, 0) is 9.59 Å². The van der Waals surface area contributed by atoms with Crippen molar-refractivity contribution >= 4 is 64.1 Å². The van der Waals surface area contributed by atoms with Gasteiger partial charge in [-0.05, 0) is 48.0 Å². The number of carbonyl (C=O) groups is 2. The van der Waals surface area contributed by atoms with E-state index in [1.165, 1.54) is 24.3 Å². The number of amides is 2. The van der Waals surface area contributed by atoms with E-state index in [2.05, 4.69) is 10.6 Å². The first-order chi connectivity index (χ1) is 14.3. The normalized spacial score (nSPS) is 10.2. The van der Waals surface area contributed by atoms with E-state index in [-0.39, 0.29) is 16.3 Å². The Morgan fingerprint density at radius 2 is 1.23 bits per heavy atom. The van der Waals surface area contributed by atoms with Crippen LogP contribution in [0.1, 0.15) is 5.56 Å². The molecular weight excluding hydrogens is 447 g/mol. The lowest BCUT2D eigenvalue weighted by atomic mass is 10.1. The second-order valence-electron chi connectivity index (χ2n) is 6.14. The SMILES string of the molecule is O=C(Nc1ccccc1Cl)C(=Cc1ccc(O)c(Cl)c1)C(=O)Nc1ccccc1Cl. The third kappa shape index (κ3) is 5.33. The summed E-state index contributed by atoms with van der Waals surface area (Å²) in [6, 6.07) is 17.6. The lowest BCUT2D eigenvalue weighted by molar-refractivity contribution is -0.118. The Balaban J connectivity index is 1.97. The molecule has 3 N–H and O–H groups in total. The van der Waals surface area contributed by atoms with Gasteiger partial charge in [-0.15, -0.1) is 0 Å². The van der Waals surface area contributed by atoms with Gasteiger partial charge in [0.15, 0.2) is 0 Å². The zero-order valence-electron chi connectivity index (χ0n) is 15.3.